The first-order valence-electron chi connectivity index (χ1n) is 6.08. The van der Waals surface area contributed by atoms with Crippen molar-refractivity contribution in [3.63, 3.8) is 0 Å². The highest BCUT2D eigenvalue weighted by molar-refractivity contribution is 5.78. The topological polar surface area (TPSA) is 50.8 Å². The Morgan fingerprint density at radius 1 is 1.44 bits per heavy atom. The molecule has 4 nitrogen and oxygen atoms in total. The van der Waals surface area contributed by atoms with Gasteiger partial charge in [0.1, 0.15) is 0 Å². The number of hydrogen-bond acceptors (Lipinski definition) is 2. The molecule has 0 spiro atoms. The molecular weight excluding hydrogens is 202 g/mol. The van der Waals surface area contributed by atoms with E-state index in [1.165, 1.54) is 0 Å². The SMILES string of the molecule is CCN(CC)C(N)=NC1CC(OC)C1(C)C. The summed E-state index contributed by atoms with van der Waals surface area (Å²) in [6.07, 6.45) is 1.29. The van der Waals surface area contributed by atoms with E-state index in [9.17, 15) is 0 Å². The zero-order chi connectivity index (χ0) is 12.3. The summed E-state index contributed by atoms with van der Waals surface area (Å²) in [5.41, 5.74) is 6.10. The Morgan fingerprint density at radius 3 is 2.38 bits per heavy atom. The van der Waals surface area contributed by atoms with Gasteiger partial charge in [-0.25, -0.2) is 4.99 Å². The number of methoxy groups -OCH3 is 1. The zero-order valence-electron chi connectivity index (χ0n) is 11.2. The zero-order valence-corrected chi connectivity index (χ0v) is 11.2. The molecule has 0 aromatic heterocycles. The second-order valence-electron chi connectivity index (χ2n) is 4.96. The Kier molecular flexibility index (Phi) is 4.19. The van der Waals surface area contributed by atoms with Crippen LogP contribution in [0, 0.1) is 5.41 Å². The maximum Gasteiger partial charge on any atom is 0.191 e. The lowest BCUT2D eigenvalue weighted by Gasteiger charge is -2.49. The van der Waals surface area contributed by atoms with Gasteiger partial charge >= 0.3 is 0 Å². The van der Waals surface area contributed by atoms with E-state index in [4.69, 9.17) is 10.5 Å². The molecule has 1 saturated carbocycles. The minimum atomic E-state index is 0.104. The van der Waals surface area contributed by atoms with Crippen LogP contribution in [0.25, 0.3) is 0 Å². The van der Waals surface area contributed by atoms with Crippen LogP contribution in [-0.2, 0) is 4.74 Å². The van der Waals surface area contributed by atoms with Gasteiger partial charge in [-0.2, -0.15) is 0 Å². The Bertz CT molecular complexity index is 259. The highest BCUT2D eigenvalue weighted by atomic mass is 16.5. The van der Waals surface area contributed by atoms with Crippen LogP contribution in [0.4, 0.5) is 0 Å². The van der Waals surface area contributed by atoms with Crippen molar-refractivity contribution in [3.8, 4) is 0 Å². The van der Waals surface area contributed by atoms with Crippen LogP contribution in [0.3, 0.4) is 0 Å². The fraction of sp³-hybridized carbons (Fsp3) is 0.917. The van der Waals surface area contributed by atoms with Crippen LogP contribution in [0.15, 0.2) is 4.99 Å². The van der Waals surface area contributed by atoms with Gasteiger partial charge in [0.2, 0.25) is 0 Å². The summed E-state index contributed by atoms with van der Waals surface area (Å²) < 4.78 is 5.40. The molecule has 1 aliphatic rings. The van der Waals surface area contributed by atoms with Gasteiger partial charge < -0.3 is 15.4 Å². The molecular formula is C12H25N3O. The van der Waals surface area contributed by atoms with Gasteiger partial charge in [0.15, 0.2) is 5.96 Å². The average Bonchev–Trinajstić information content (AvgIpc) is 2.25. The molecule has 2 N–H and O–H groups in total. The van der Waals surface area contributed by atoms with Gasteiger partial charge in [0, 0.05) is 25.6 Å². The first-order chi connectivity index (χ1) is 7.47. The fourth-order valence-corrected chi connectivity index (χ4v) is 2.27. The molecule has 0 radical (unpaired) electrons. The maximum absolute atomic E-state index is 5.99. The van der Waals surface area contributed by atoms with Gasteiger partial charge in [0.05, 0.1) is 12.1 Å². The summed E-state index contributed by atoms with van der Waals surface area (Å²) in [5, 5.41) is 0. The monoisotopic (exact) mass is 227 g/mol. The largest absolute Gasteiger partial charge is 0.381 e. The standard InChI is InChI=1S/C12H25N3O/c1-6-15(7-2)11(13)14-9-8-10(16-5)12(9,3)4/h9-10H,6-8H2,1-5H3,(H2,13,14). The number of nitrogens with zero attached hydrogens (tertiary/aromatic N) is 2. The molecule has 0 aliphatic heterocycles. The molecule has 4 heteroatoms. The summed E-state index contributed by atoms with van der Waals surface area (Å²) in [7, 11) is 1.76. The van der Waals surface area contributed by atoms with Gasteiger partial charge in [-0.3, -0.25) is 0 Å². The lowest BCUT2D eigenvalue weighted by Crippen LogP contribution is -2.54. The van der Waals surface area contributed by atoms with E-state index in [0.717, 1.165) is 19.5 Å². The Labute approximate surface area is 98.9 Å². The average molecular weight is 227 g/mol. The molecule has 0 bridgehead atoms. The summed E-state index contributed by atoms with van der Waals surface area (Å²) in [6.45, 7) is 10.4. The van der Waals surface area contributed by atoms with E-state index < -0.39 is 0 Å². The van der Waals surface area contributed by atoms with Crippen molar-refractivity contribution < 1.29 is 4.74 Å². The molecule has 1 rings (SSSR count). The second-order valence-corrected chi connectivity index (χ2v) is 4.96. The molecule has 0 aromatic rings. The number of ether oxygens (including phenoxy) is 1. The van der Waals surface area contributed by atoms with Crippen LogP contribution in [0.2, 0.25) is 0 Å². The second kappa shape index (κ2) is 5.04. The number of guanidine groups is 1. The lowest BCUT2D eigenvalue weighted by molar-refractivity contribution is -0.0853. The Balaban J connectivity index is 2.65. The molecule has 0 aromatic carbocycles. The third-order valence-electron chi connectivity index (χ3n) is 3.79. The van der Waals surface area contributed by atoms with Gasteiger partial charge in [-0.15, -0.1) is 0 Å². The normalized spacial score (nSPS) is 28.7. The quantitative estimate of drug-likeness (QED) is 0.584. The van der Waals surface area contributed by atoms with Crippen LogP contribution in [-0.4, -0.2) is 43.2 Å². The predicted molar refractivity (Wildman–Crippen MR) is 67.5 cm³/mol. The van der Waals surface area contributed by atoms with Crippen molar-refractivity contribution in [2.75, 3.05) is 20.2 Å². The van der Waals surface area contributed by atoms with E-state index in [0.29, 0.717) is 12.1 Å². The molecule has 1 fully saturated rings. The van der Waals surface area contributed by atoms with E-state index in [-0.39, 0.29) is 11.5 Å². The van der Waals surface area contributed by atoms with Crippen molar-refractivity contribution in [1.82, 2.24) is 4.90 Å². The van der Waals surface area contributed by atoms with E-state index in [1.54, 1.807) is 7.11 Å². The van der Waals surface area contributed by atoms with Gasteiger partial charge in [-0.1, -0.05) is 13.8 Å². The fourth-order valence-electron chi connectivity index (χ4n) is 2.27. The van der Waals surface area contributed by atoms with Crippen LogP contribution in [0.1, 0.15) is 34.1 Å². The van der Waals surface area contributed by atoms with Crippen molar-refractivity contribution in [1.29, 1.82) is 0 Å². The molecule has 0 amide bonds. The number of nitrogens with two attached hydrogens (primary N) is 1. The summed E-state index contributed by atoms with van der Waals surface area (Å²) in [5.74, 6) is 0.664. The van der Waals surface area contributed by atoms with Gasteiger partial charge in [0.25, 0.3) is 0 Å². The van der Waals surface area contributed by atoms with Crippen LogP contribution < -0.4 is 5.73 Å². The van der Waals surface area contributed by atoms with Crippen LogP contribution >= 0.6 is 0 Å². The minimum absolute atomic E-state index is 0.104. The Morgan fingerprint density at radius 2 is 2.00 bits per heavy atom. The van der Waals surface area contributed by atoms with Gasteiger partial charge in [-0.05, 0) is 20.3 Å². The number of hydrogen-bond donors (Lipinski definition) is 1. The molecule has 0 saturated heterocycles. The van der Waals surface area contributed by atoms with E-state index >= 15 is 0 Å². The molecule has 2 unspecified atom stereocenters. The molecule has 0 heterocycles. The summed E-state index contributed by atoms with van der Waals surface area (Å²) >= 11 is 0. The van der Waals surface area contributed by atoms with E-state index in [1.807, 2.05) is 0 Å². The predicted octanol–water partition coefficient (Wildman–Crippen LogP) is 1.46. The molecule has 2 atom stereocenters. The number of aliphatic imine (C=N–C) groups is 1. The number of rotatable bonds is 4. The van der Waals surface area contributed by atoms with Crippen molar-refractivity contribution in [3.05, 3.63) is 0 Å². The molecule has 1 aliphatic carbocycles. The first-order valence-corrected chi connectivity index (χ1v) is 6.08. The molecule has 94 valence electrons. The summed E-state index contributed by atoms with van der Waals surface area (Å²) in [4.78, 5) is 6.70. The van der Waals surface area contributed by atoms with E-state index in [2.05, 4.69) is 37.6 Å². The smallest absolute Gasteiger partial charge is 0.191 e. The van der Waals surface area contributed by atoms with Crippen molar-refractivity contribution >= 4 is 5.96 Å². The highest BCUT2D eigenvalue weighted by Crippen LogP contribution is 2.44. The van der Waals surface area contributed by atoms with Crippen molar-refractivity contribution in [2.24, 2.45) is 16.1 Å². The summed E-state index contributed by atoms with van der Waals surface area (Å²) in [6, 6.07) is 0.290. The third-order valence-corrected chi connectivity index (χ3v) is 3.79. The third kappa shape index (κ3) is 2.32. The molecule has 16 heavy (non-hydrogen) atoms. The van der Waals surface area contributed by atoms with Crippen molar-refractivity contribution in [2.45, 2.75) is 46.3 Å². The highest BCUT2D eigenvalue weighted by Gasteiger charge is 2.48. The minimum Gasteiger partial charge on any atom is -0.381 e. The lowest BCUT2D eigenvalue weighted by atomic mass is 9.65. The Hall–Kier alpha value is -0.770. The van der Waals surface area contributed by atoms with Crippen LogP contribution in [0.5, 0.6) is 0 Å². The first kappa shape index (κ1) is 13.3. The maximum atomic E-state index is 5.99.